The highest BCUT2D eigenvalue weighted by Crippen LogP contribution is 2.27. The SMILES string of the molecule is CN1CCN(c2nc(Nc3cc(-c4ccccc4)[nH]n3)c3ccccc3n2)CC1. The van der Waals surface area contributed by atoms with Crippen LogP contribution in [0.4, 0.5) is 17.6 Å². The highest BCUT2D eigenvalue weighted by molar-refractivity contribution is 5.91. The second-order valence-electron chi connectivity index (χ2n) is 7.34. The molecule has 7 heteroatoms. The first-order valence-electron chi connectivity index (χ1n) is 9.84. The lowest BCUT2D eigenvalue weighted by atomic mass is 10.1. The number of aromatic amines is 1. The molecule has 0 radical (unpaired) electrons. The van der Waals surface area contributed by atoms with E-state index in [-0.39, 0.29) is 0 Å². The Hall–Kier alpha value is -3.45. The number of aromatic nitrogens is 4. The molecule has 2 aromatic heterocycles. The molecule has 0 atom stereocenters. The van der Waals surface area contributed by atoms with Crippen molar-refractivity contribution in [3.63, 3.8) is 0 Å². The minimum Gasteiger partial charge on any atom is -0.338 e. The number of H-pyrrole nitrogens is 1. The molecule has 2 aromatic carbocycles. The number of likely N-dealkylation sites (N-methyl/N-ethyl adjacent to an activating group) is 1. The number of anilines is 3. The van der Waals surface area contributed by atoms with Gasteiger partial charge in [0.2, 0.25) is 5.95 Å². The number of hydrogen-bond donors (Lipinski definition) is 2. The first kappa shape index (κ1) is 17.6. The number of fused-ring (bicyclic) bond motifs is 1. The third-order valence-electron chi connectivity index (χ3n) is 5.29. The molecule has 0 unspecified atom stereocenters. The van der Waals surface area contributed by atoms with Crippen molar-refractivity contribution < 1.29 is 0 Å². The summed E-state index contributed by atoms with van der Waals surface area (Å²) < 4.78 is 0. The van der Waals surface area contributed by atoms with E-state index in [1.165, 1.54) is 0 Å². The van der Waals surface area contributed by atoms with Gasteiger partial charge in [0, 0.05) is 37.6 Å². The normalized spacial score (nSPS) is 15.0. The maximum absolute atomic E-state index is 4.86. The smallest absolute Gasteiger partial charge is 0.227 e. The van der Waals surface area contributed by atoms with Crippen LogP contribution in [0.15, 0.2) is 60.7 Å². The molecule has 1 fully saturated rings. The fraction of sp³-hybridized carbons (Fsp3) is 0.227. The van der Waals surface area contributed by atoms with Crippen molar-refractivity contribution in [1.82, 2.24) is 25.1 Å². The molecule has 146 valence electrons. The van der Waals surface area contributed by atoms with E-state index >= 15 is 0 Å². The van der Waals surface area contributed by atoms with Crippen molar-refractivity contribution in [2.75, 3.05) is 43.4 Å². The number of benzene rings is 2. The molecule has 1 saturated heterocycles. The molecular weight excluding hydrogens is 362 g/mol. The summed E-state index contributed by atoms with van der Waals surface area (Å²) in [5.41, 5.74) is 2.99. The first-order valence-corrected chi connectivity index (χ1v) is 9.84. The zero-order chi connectivity index (χ0) is 19.6. The second-order valence-corrected chi connectivity index (χ2v) is 7.34. The van der Waals surface area contributed by atoms with Crippen molar-refractivity contribution >= 4 is 28.5 Å². The number of hydrogen-bond acceptors (Lipinski definition) is 6. The Bertz CT molecular complexity index is 1110. The van der Waals surface area contributed by atoms with Gasteiger partial charge in [-0.3, -0.25) is 5.10 Å². The third-order valence-corrected chi connectivity index (χ3v) is 5.29. The van der Waals surface area contributed by atoms with Gasteiger partial charge in [0.15, 0.2) is 5.82 Å². The van der Waals surface area contributed by atoms with Crippen LogP contribution in [0, 0.1) is 0 Å². The standard InChI is InChI=1S/C22H23N7/c1-28-11-13-29(14-12-28)22-23-18-10-6-5-9-17(18)21(25-22)24-20-15-19(26-27-20)16-7-3-2-4-8-16/h2-10,15H,11-14H2,1H3,(H2,23,24,25,26,27). The van der Waals surface area contributed by atoms with Crippen LogP contribution in [-0.2, 0) is 0 Å². The van der Waals surface area contributed by atoms with Gasteiger partial charge in [0.1, 0.15) is 5.82 Å². The van der Waals surface area contributed by atoms with E-state index in [1.54, 1.807) is 0 Å². The lowest BCUT2D eigenvalue weighted by Crippen LogP contribution is -2.45. The molecule has 29 heavy (non-hydrogen) atoms. The van der Waals surface area contributed by atoms with E-state index in [0.29, 0.717) is 0 Å². The van der Waals surface area contributed by atoms with Crippen LogP contribution in [0.3, 0.4) is 0 Å². The van der Waals surface area contributed by atoms with Gasteiger partial charge in [-0.05, 0) is 24.7 Å². The fourth-order valence-electron chi connectivity index (χ4n) is 3.58. The molecular formula is C22H23N7. The Morgan fingerprint density at radius 2 is 1.66 bits per heavy atom. The average molecular weight is 385 g/mol. The quantitative estimate of drug-likeness (QED) is 0.560. The number of nitrogens with one attached hydrogen (secondary N) is 2. The zero-order valence-electron chi connectivity index (χ0n) is 16.3. The summed E-state index contributed by atoms with van der Waals surface area (Å²) in [6, 6.07) is 20.2. The van der Waals surface area contributed by atoms with Crippen molar-refractivity contribution in [3.05, 3.63) is 60.7 Å². The van der Waals surface area contributed by atoms with E-state index in [1.807, 2.05) is 48.5 Å². The van der Waals surface area contributed by atoms with Gasteiger partial charge in [-0.1, -0.05) is 42.5 Å². The number of piperazine rings is 1. The fourth-order valence-corrected chi connectivity index (χ4v) is 3.58. The van der Waals surface area contributed by atoms with Gasteiger partial charge in [0.05, 0.1) is 11.2 Å². The van der Waals surface area contributed by atoms with Crippen molar-refractivity contribution in [1.29, 1.82) is 0 Å². The first-order chi connectivity index (χ1) is 14.3. The molecule has 0 saturated carbocycles. The Morgan fingerprint density at radius 3 is 2.48 bits per heavy atom. The molecule has 0 amide bonds. The van der Waals surface area contributed by atoms with E-state index in [2.05, 4.69) is 44.5 Å². The molecule has 5 rings (SSSR count). The van der Waals surface area contributed by atoms with Gasteiger partial charge in [-0.2, -0.15) is 10.1 Å². The topological polar surface area (TPSA) is 73.0 Å². The Kier molecular flexibility index (Phi) is 4.57. The Balaban J connectivity index is 1.48. The molecule has 0 bridgehead atoms. The van der Waals surface area contributed by atoms with Gasteiger partial charge < -0.3 is 15.1 Å². The molecule has 3 heterocycles. The molecule has 7 nitrogen and oxygen atoms in total. The van der Waals surface area contributed by atoms with Crippen LogP contribution in [0.5, 0.6) is 0 Å². The summed E-state index contributed by atoms with van der Waals surface area (Å²) in [7, 11) is 2.15. The minimum atomic E-state index is 0.733. The average Bonchev–Trinajstić information content (AvgIpc) is 3.23. The number of nitrogens with zero attached hydrogens (tertiary/aromatic N) is 5. The summed E-state index contributed by atoms with van der Waals surface area (Å²) >= 11 is 0. The number of para-hydroxylation sites is 1. The second kappa shape index (κ2) is 7.52. The highest BCUT2D eigenvalue weighted by atomic mass is 15.3. The summed E-state index contributed by atoms with van der Waals surface area (Å²) in [5.74, 6) is 2.27. The molecule has 1 aliphatic heterocycles. The zero-order valence-corrected chi connectivity index (χ0v) is 16.3. The molecule has 0 aliphatic carbocycles. The maximum atomic E-state index is 4.86. The Morgan fingerprint density at radius 1 is 0.897 bits per heavy atom. The predicted octanol–water partition coefficient (Wildman–Crippen LogP) is 3.52. The van der Waals surface area contributed by atoms with Gasteiger partial charge in [-0.15, -0.1) is 0 Å². The monoisotopic (exact) mass is 385 g/mol. The van der Waals surface area contributed by atoms with E-state index < -0.39 is 0 Å². The largest absolute Gasteiger partial charge is 0.338 e. The summed E-state index contributed by atoms with van der Waals surface area (Å²) in [5, 5.41) is 11.9. The molecule has 1 aliphatic rings. The van der Waals surface area contributed by atoms with E-state index in [0.717, 1.165) is 65.9 Å². The highest BCUT2D eigenvalue weighted by Gasteiger charge is 2.19. The van der Waals surface area contributed by atoms with Crippen LogP contribution >= 0.6 is 0 Å². The van der Waals surface area contributed by atoms with Gasteiger partial charge in [-0.25, -0.2) is 4.98 Å². The Labute approximate surface area is 169 Å². The lowest BCUT2D eigenvalue weighted by molar-refractivity contribution is 0.311. The predicted molar refractivity (Wildman–Crippen MR) is 117 cm³/mol. The van der Waals surface area contributed by atoms with Gasteiger partial charge in [0.25, 0.3) is 0 Å². The van der Waals surface area contributed by atoms with Crippen molar-refractivity contribution in [2.45, 2.75) is 0 Å². The van der Waals surface area contributed by atoms with E-state index in [4.69, 9.17) is 9.97 Å². The number of rotatable bonds is 4. The summed E-state index contributed by atoms with van der Waals surface area (Å²) in [6.07, 6.45) is 0. The lowest BCUT2D eigenvalue weighted by Gasteiger charge is -2.32. The van der Waals surface area contributed by atoms with Crippen LogP contribution in [0.2, 0.25) is 0 Å². The van der Waals surface area contributed by atoms with Crippen molar-refractivity contribution in [3.8, 4) is 11.3 Å². The summed E-state index contributed by atoms with van der Waals surface area (Å²) in [6.45, 7) is 3.88. The van der Waals surface area contributed by atoms with Gasteiger partial charge >= 0.3 is 0 Å². The maximum Gasteiger partial charge on any atom is 0.227 e. The molecule has 2 N–H and O–H groups in total. The van der Waals surface area contributed by atoms with Crippen LogP contribution < -0.4 is 10.2 Å². The third kappa shape index (κ3) is 3.64. The van der Waals surface area contributed by atoms with E-state index in [9.17, 15) is 0 Å². The molecule has 0 spiro atoms. The van der Waals surface area contributed by atoms with Crippen LogP contribution in [-0.4, -0.2) is 58.3 Å². The summed E-state index contributed by atoms with van der Waals surface area (Å²) in [4.78, 5) is 14.2. The minimum absolute atomic E-state index is 0.733. The van der Waals surface area contributed by atoms with Crippen LogP contribution in [0.1, 0.15) is 0 Å². The van der Waals surface area contributed by atoms with Crippen molar-refractivity contribution in [2.24, 2.45) is 0 Å². The molecule has 4 aromatic rings. The van der Waals surface area contributed by atoms with Crippen LogP contribution in [0.25, 0.3) is 22.2 Å².